The van der Waals surface area contributed by atoms with E-state index in [-0.39, 0.29) is 34.4 Å². The summed E-state index contributed by atoms with van der Waals surface area (Å²) in [4.78, 5) is 18.4. The number of fused-ring (bicyclic) bond motifs is 1. The topological polar surface area (TPSA) is 57.8 Å². The van der Waals surface area contributed by atoms with Crippen molar-refractivity contribution in [2.45, 2.75) is 13.1 Å². The summed E-state index contributed by atoms with van der Waals surface area (Å²) >= 11 is 5.48. The first kappa shape index (κ1) is 14.9. The maximum absolute atomic E-state index is 13.8. The van der Waals surface area contributed by atoms with Gasteiger partial charge in [-0.25, -0.2) is 13.8 Å². The Labute approximate surface area is 123 Å². The van der Waals surface area contributed by atoms with Crippen molar-refractivity contribution in [3.8, 4) is 11.4 Å². The van der Waals surface area contributed by atoms with Crippen LogP contribution >= 0.6 is 24.0 Å². The normalized spacial score (nSPS) is 12.9. The third-order valence-corrected chi connectivity index (χ3v) is 3.25. The fourth-order valence-corrected chi connectivity index (χ4v) is 2.16. The summed E-state index contributed by atoms with van der Waals surface area (Å²) in [7, 11) is 0. The Balaban J connectivity index is 0.00000147. The number of rotatable bonds is 1. The first-order valence-corrected chi connectivity index (χ1v) is 5.92. The summed E-state index contributed by atoms with van der Waals surface area (Å²) in [5.74, 6) is -1.50. The van der Waals surface area contributed by atoms with Gasteiger partial charge >= 0.3 is 0 Å². The van der Waals surface area contributed by atoms with Gasteiger partial charge in [-0.3, -0.25) is 4.79 Å². The first-order valence-electron chi connectivity index (χ1n) is 5.54. The van der Waals surface area contributed by atoms with Gasteiger partial charge in [-0.2, -0.15) is 0 Å². The molecule has 0 unspecified atom stereocenters. The minimum Gasteiger partial charge on any atom is -0.307 e. The Morgan fingerprint density at radius 3 is 2.70 bits per heavy atom. The molecule has 0 spiro atoms. The lowest BCUT2D eigenvalue weighted by atomic mass is 10.1. The van der Waals surface area contributed by atoms with Crippen LogP contribution in [0.25, 0.3) is 11.4 Å². The number of hydrogen-bond donors (Lipinski definition) is 2. The van der Waals surface area contributed by atoms with Crippen molar-refractivity contribution in [1.82, 2.24) is 15.3 Å². The highest BCUT2D eigenvalue weighted by Gasteiger charge is 2.19. The van der Waals surface area contributed by atoms with Crippen molar-refractivity contribution in [2.75, 3.05) is 0 Å². The molecule has 1 aliphatic rings. The monoisotopic (exact) mass is 319 g/mol. The molecule has 3 rings (SSSR count). The molecule has 0 saturated carbocycles. The molecular formula is C12H9Cl2F2N3O. The zero-order valence-electron chi connectivity index (χ0n) is 9.97. The Morgan fingerprint density at radius 1 is 1.20 bits per heavy atom. The second kappa shape index (κ2) is 5.47. The fraction of sp³-hybridized carbons (Fsp3) is 0.167. The van der Waals surface area contributed by atoms with Crippen LogP contribution in [-0.2, 0) is 13.1 Å². The average Bonchev–Trinajstić information content (AvgIpc) is 2.82. The summed E-state index contributed by atoms with van der Waals surface area (Å²) in [6.45, 7) is 0.860. The van der Waals surface area contributed by atoms with E-state index < -0.39 is 11.6 Å². The van der Waals surface area contributed by atoms with Gasteiger partial charge < -0.3 is 10.3 Å². The molecule has 0 amide bonds. The zero-order valence-corrected chi connectivity index (χ0v) is 11.5. The predicted molar refractivity (Wildman–Crippen MR) is 73.0 cm³/mol. The highest BCUT2D eigenvalue weighted by molar-refractivity contribution is 6.30. The van der Waals surface area contributed by atoms with Gasteiger partial charge in [0.25, 0.3) is 5.56 Å². The quantitative estimate of drug-likeness (QED) is 0.793. The Bertz CT molecular complexity index is 733. The Hall–Kier alpha value is -1.50. The molecule has 2 aromatic rings. The van der Waals surface area contributed by atoms with Crippen LogP contribution in [0.2, 0.25) is 5.02 Å². The molecule has 1 aromatic heterocycles. The lowest BCUT2D eigenvalue weighted by Crippen LogP contribution is -2.16. The van der Waals surface area contributed by atoms with Gasteiger partial charge in [0.1, 0.15) is 17.5 Å². The van der Waals surface area contributed by atoms with Gasteiger partial charge in [-0.15, -0.1) is 12.4 Å². The van der Waals surface area contributed by atoms with Crippen LogP contribution in [0.1, 0.15) is 11.3 Å². The van der Waals surface area contributed by atoms with Gasteiger partial charge in [0, 0.05) is 13.1 Å². The van der Waals surface area contributed by atoms with E-state index >= 15 is 0 Å². The van der Waals surface area contributed by atoms with Gasteiger partial charge in [-0.05, 0) is 12.1 Å². The molecule has 1 aromatic carbocycles. The number of H-pyrrole nitrogens is 1. The van der Waals surface area contributed by atoms with Crippen LogP contribution in [0.15, 0.2) is 16.9 Å². The van der Waals surface area contributed by atoms with Crippen LogP contribution in [-0.4, -0.2) is 9.97 Å². The molecule has 106 valence electrons. The number of nitrogens with zero attached hydrogens (tertiary/aromatic N) is 1. The zero-order chi connectivity index (χ0) is 13.6. The SMILES string of the molecule is Cl.O=c1[nH]c(-c2cc(F)c(Cl)cc2F)nc2c1CNC2. The maximum atomic E-state index is 13.8. The van der Waals surface area contributed by atoms with E-state index in [1.165, 1.54) is 0 Å². The largest absolute Gasteiger partial charge is 0.307 e. The van der Waals surface area contributed by atoms with E-state index in [1.807, 2.05) is 0 Å². The van der Waals surface area contributed by atoms with E-state index in [4.69, 9.17) is 11.6 Å². The number of benzene rings is 1. The van der Waals surface area contributed by atoms with Gasteiger partial charge in [-0.1, -0.05) is 11.6 Å². The van der Waals surface area contributed by atoms with Crippen LogP contribution in [0.5, 0.6) is 0 Å². The van der Waals surface area contributed by atoms with Crippen LogP contribution in [0.4, 0.5) is 8.78 Å². The molecular weight excluding hydrogens is 311 g/mol. The molecule has 2 heterocycles. The maximum Gasteiger partial charge on any atom is 0.255 e. The second-order valence-electron chi connectivity index (χ2n) is 4.19. The molecule has 0 aliphatic carbocycles. The second-order valence-corrected chi connectivity index (χ2v) is 4.60. The minimum atomic E-state index is -0.765. The van der Waals surface area contributed by atoms with Crippen molar-refractivity contribution >= 4 is 24.0 Å². The number of aromatic nitrogens is 2. The highest BCUT2D eigenvalue weighted by Crippen LogP contribution is 2.25. The van der Waals surface area contributed by atoms with E-state index in [0.29, 0.717) is 24.3 Å². The number of halogens is 4. The van der Waals surface area contributed by atoms with Gasteiger partial charge in [0.15, 0.2) is 0 Å². The number of aromatic amines is 1. The standard InChI is InChI=1S/C12H8ClF2N3O.ClH/c13-7-2-8(14)5(1-9(7)15)11-17-10-4-16-3-6(10)12(19)18-11;/h1-2,16H,3-4H2,(H,17,18,19);1H. The molecule has 4 nitrogen and oxygen atoms in total. The Kier molecular flexibility index (Phi) is 4.08. The fourth-order valence-electron chi connectivity index (χ4n) is 2.01. The van der Waals surface area contributed by atoms with Crippen molar-refractivity contribution in [1.29, 1.82) is 0 Å². The molecule has 8 heteroatoms. The summed E-state index contributed by atoms with van der Waals surface area (Å²) < 4.78 is 27.2. The van der Waals surface area contributed by atoms with Crippen LogP contribution in [0.3, 0.4) is 0 Å². The smallest absolute Gasteiger partial charge is 0.255 e. The lowest BCUT2D eigenvalue weighted by Gasteiger charge is -2.06. The van der Waals surface area contributed by atoms with Crippen molar-refractivity contribution in [3.05, 3.63) is 50.4 Å². The molecule has 0 saturated heterocycles. The average molecular weight is 320 g/mol. The molecule has 0 fully saturated rings. The molecule has 0 radical (unpaired) electrons. The van der Waals surface area contributed by atoms with E-state index in [2.05, 4.69) is 15.3 Å². The third-order valence-electron chi connectivity index (χ3n) is 2.96. The number of hydrogen-bond acceptors (Lipinski definition) is 3. The Morgan fingerprint density at radius 2 is 1.95 bits per heavy atom. The third kappa shape index (κ3) is 2.42. The van der Waals surface area contributed by atoms with Crippen molar-refractivity contribution < 1.29 is 8.78 Å². The van der Waals surface area contributed by atoms with E-state index in [9.17, 15) is 13.6 Å². The minimum absolute atomic E-state index is 0. The summed E-state index contributed by atoms with van der Waals surface area (Å²) in [6, 6.07) is 1.78. The van der Waals surface area contributed by atoms with Crippen LogP contribution < -0.4 is 10.9 Å². The lowest BCUT2D eigenvalue weighted by molar-refractivity contribution is 0.602. The first-order chi connectivity index (χ1) is 9.06. The molecule has 2 N–H and O–H groups in total. The molecule has 1 aliphatic heterocycles. The van der Waals surface area contributed by atoms with Crippen molar-refractivity contribution in [3.63, 3.8) is 0 Å². The molecule has 0 bridgehead atoms. The molecule has 0 atom stereocenters. The van der Waals surface area contributed by atoms with Crippen LogP contribution in [0, 0.1) is 11.6 Å². The summed E-state index contributed by atoms with van der Waals surface area (Å²) in [6.07, 6.45) is 0. The molecule has 20 heavy (non-hydrogen) atoms. The predicted octanol–water partition coefficient (Wildman–Crippen LogP) is 2.39. The summed E-state index contributed by atoms with van der Waals surface area (Å²) in [5, 5.41) is 2.66. The summed E-state index contributed by atoms with van der Waals surface area (Å²) in [5.41, 5.74) is 0.612. The van der Waals surface area contributed by atoms with E-state index in [1.54, 1.807) is 0 Å². The van der Waals surface area contributed by atoms with E-state index in [0.717, 1.165) is 12.1 Å². The highest BCUT2D eigenvalue weighted by atomic mass is 35.5. The van der Waals surface area contributed by atoms with Gasteiger partial charge in [0.2, 0.25) is 0 Å². The number of nitrogens with one attached hydrogen (secondary N) is 2. The van der Waals surface area contributed by atoms with Gasteiger partial charge in [0.05, 0.1) is 21.8 Å². The van der Waals surface area contributed by atoms with Crippen molar-refractivity contribution in [2.24, 2.45) is 0 Å².